The van der Waals surface area contributed by atoms with Crippen molar-refractivity contribution in [2.24, 2.45) is 25.9 Å². The smallest absolute Gasteiger partial charge is 0.301 e. The van der Waals surface area contributed by atoms with E-state index in [1.54, 1.807) is 25.2 Å². The maximum absolute atomic E-state index is 15.2. The van der Waals surface area contributed by atoms with E-state index in [-0.39, 0.29) is 46.8 Å². The highest BCUT2D eigenvalue weighted by Crippen LogP contribution is 2.46. The number of ether oxygens (including phenoxy) is 1. The number of pyridine rings is 1. The molecule has 0 radical (unpaired) electrons. The van der Waals surface area contributed by atoms with Gasteiger partial charge in [0.25, 0.3) is 5.56 Å². The van der Waals surface area contributed by atoms with Gasteiger partial charge in [0.15, 0.2) is 12.4 Å². The molecule has 1 saturated carbocycles. The summed E-state index contributed by atoms with van der Waals surface area (Å²) in [5.74, 6) is -3.17. The number of aryl methyl sites for hydroxylation is 2. The number of rotatable bonds is 9. The molecule has 5 aromatic rings. The minimum Gasteiger partial charge on any atom is -0.480 e. The highest BCUT2D eigenvalue weighted by Gasteiger charge is 2.51. The Labute approximate surface area is 366 Å². The van der Waals surface area contributed by atoms with Crippen molar-refractivity contribution in [1.29, 1.82) is 0 Å². The molecule has 63 heavy (non-hydrogen) atoms. The van der Waals surface area contributed by atoms with Gasteiger partial charge in [0.2, 0.25) is 23.5 Å². The van der Waals surface area contributed by atoms with Crippen LogP contribution in [0.4, 0.5) is 37.6 Å². The number of aromatic nitrogens is 5. The van der Waals surface area contributed by atoms with E-state index in [0.29, 0.717) is 78.7 Å². The maximum Gasteiger partial charge on any atom is 0.301 e. The molecule has 3 atom stereocenters. The van der Waals surface area contributed by atoms with Gasteiger partial charge in [0, 0.05) is 81.9 Å². The number of hydrogen-bond acceptors (Lipinski definition) is 13. The number of aliphatic hydroxyl groups excluding tert-OH is 1. The van der Waals surface area contributed by atoms with Gasteiger partial charge >= 0.3 is 5.92 Å². The second kappa shape index (κ2) is 16.2. The Morgan fingerprint density at radius 1 is 0.968 bits per heavy atom. The quantitative estimate of drug-likeness (QED) is 0.150. The van der Waals surface area contributed by atoms with Crippen LogP contribution in [0, 0.1) is 11.8 Å². The van der Waals surface area contributed by atoms with E-state index < -0.39 is 30.0 Å². The normalized spacial score (nSPS) is 23.3. The van der Waals surface area contributed by atoms with Crippen LogP contribution < -0.4 is 36.0 Å². The fourth-order valence-corrected chi connectivity index (χ4v) is 10.0. The Balaban J connectivity index is 0.788. The highest BCUT2D eigenvalue weighted by molar-refractivity contribution is 6.33. The zero-order valence-electron chi connectivity index (χ0n) is 35.1. The monoisotopic (exact) mass is 885 g/mol. The predicted molar refractivity (Wildman–Crippen MR) is 236 cm³/mol. The molecule has 1 unspecified atom stereocenters. The van der Waals surface area contributed by atoms with E-state index in [0.717, 1.165) is 55.6 Å². The lowest BCUT2D eigenvalue weighted by atomic mass is 9.92. The van der Waals surface area contributed by atoms with Crippen LogP contribution in [-0.4, -0.2) is 117 Å². The number of alkyl halides is 2. The molecule has 332 valence electrons. The Morgan fingerprint density at radius 3 is 2.54 bits per heavy atom. The van der Waals surface area contributed by atoms with Gasteiger partial charge in [0.05, 0.1) is 53.2 Å². The minimum atomic E-state index is -3.15. The Kier molecular flexibility index (Phi) is 10.6. The predicted octanol–water partition coefficient (Wildman–Crippen LogP) is 4.75. The molecule has 19 heteroatoms. The lowest BCUT2D eigenvalue weighted by Gasteiger charge is -2.43. The fraction of sp³-hybridized carbons (Fsp3) is 0.500. The second-order valence-electron chi connectivity index (χ2n) is 17.7. The summed E-state index contributed by atoms with van der Waals surface area (Å²) in [7, 11) is 3.48. The number of nitrogens with zero attached hydrogens (tertiary/aromatic N) is 8. The van der Waals surface area contributed by atoms with E-state index in [9.17, 15) is 19.5 Å². The summed E-state index contributed by atoms with van der Waals surface area (Å²) in [5.41, 5.74) is 3.67. The number of anilines is 5. The third-order valence-corrected chi connectivity index (χ3v) is 13.9. The van der Waals surface area contributed by atoms with Gasteiger partial charge in [-0.2, -0.15) is 10.1 Å². The molecule has 3 aromatic heterocycles. The van der Waals surface area contributed by atoms with Crippen LogP contribution in [0.15, 0.2) is 47.4 Å². The SMILES string of the molecule is Cn1nc(C2CCC(=O)NC2=O)c2ccc(N3CCC(CN4CCN(c5ncc(Cl)c(Nc6ccc7c(c6)c6c(c(=O)n7C)OCC(F)(F)[C@H](C7CC7)N6)n5)C[C@H]4CO)CC3)cc21. The van der Waals surface area contributed by atoms with Crippen molar-refractivity contribution in [2.75, 3.05) is 72.9 Å². The summed E-state index contributed by atoms with van der Waals surface area (Å²) >= 11 is 6.64. The molecule has 4 fully saturated rings. The van der Waals surface area contributed by atoms with Crippen molar-refractivity contribution in [2.45, 2.75) is 62.4 Å². The lowest BCUT2D eigenvalue weighted by molar-refractivity contribution is -0.134. The molecule has 16 nitrogen and oxygen atoms in total. The number of piperidine rings is 2. The summed E-state index contributed by atoms with van der Waals surface area (Å²) in [6.07, 6.45) is 5.69. The van der Waals surface area contributed by atoms with Crippen molar-refractivity contribution in [3.05, 3.63) is 63.7 Å². The molecular weight excluding hydrogens is 836 g/mol. The first-order chi connectivity index (χ1) is 30.3. The molecule has 0 spiro atoms. The molecule has 7 heterocycles. The molecule has 2 aromatic carbocycles. The standard InChI is InChI=1S/C44H50ClF2N11O5/c1-54-33-9-5-26(17-31(33)37-38(42(54)62)63-23-44(46,47)39(51-37)25-3-4-25)49-40-32(45)19-48-43(52-40)58-16-15-57(28(21-58)22-59)20-24-11-13-56(14-12-24)27-6-7-29-34(18-27)55(2)53-36(29)30-8-10-35(60)50-41(30)61/h5-7,9,17-19,24-25,28,30,39,51,59H,3-4,8,10-16,20-23H2,1-2H3,(H,48,49,52)(H,50,60,61)/t28-,30?,39-/m0/s1. The third-order valence-electron chi connectivity index (χ3n) is 13.6. The molecule has 5 aliphatic rings. The largest absolute Gasteiger partial charge is 0.480 e. The van der Waals surface area contributed by atoms with Crippen molar-refractivity contribution in [3.8, 4) is 5.75 Å². The van der Waals surface area contributed by atoms with E-state index in [2.05, 4.69) is 47.8 Å². The first kappa shape index (κ1) is 41.4. The summed E-state index contributed by atoms with van der Waals surface area (Å²) in [4.78, 5) is 53.8. The van der Waals surface area contributed by atoms with Crippen molar-refractivity contribution in [3.63, 3.8) is 0 Å². The van der Waals surface area contributed by atoms with Crippen LogP contribution >= 0.6 is 11.6 Å². The molecule has 10 rings (SSSR count). The number of halogens is 3. The first-order valence-electron chi connectivity index (χ1n) is 21.7. The van der Waals surface area contributed by atoms with E-state index in [1.165, 1.54) is 10.8 Å². The zero-order valence-corrected chi connectivity index (χ0v) is 35.9. The summed E-state index contributed by atoms with van der Waals surface area (Å²) < 4.78 is 39.1. The van der Waals surface area contributed by atoms with Crippen LogP contribution in [0.3, 0.4) is 0 Å². The fourth-order valence-electron chi connectivity index (χ4n) is 9.90. The number of hydrogen-bond donors (Lipinski definition) is 4. The van der Waals surface area contributed by atoms with Gasteiger partial charge in [-0.1, -0.05) is 11.6 Å². The van der Waals surface area contributed by atoms with E-state index in [1.807, 2.05) is 17.8 Å². The van der Waals surface area contributed by atoms with Gasteiger partial charge in [0.1, 0.15) is 5.02 Å². The first-order valence-corrected chi connectivity index (χ1v) is 22.1. The zero-order chi connectivity index (χ0) is 43.7. The number of nitrogens with one attached hydrogen (secondary N) is 3. The molecule has 2 amide bonds. The van der Waals surface area contributed by atoms with Gasteiger partial charge in [-0.3, -0.25) is 29.3 Å². The van der Waals surface area contributed by atoms with E-state index >= 15 is 8.78 Å². The Morgan fingerprint density at radius 2 is 1.78 bits per heavy atom. The number of imide groups is 1. The van der Waals surface area contributed by atoms with Gasteiger partial charge in [-0.15, -0.1) is 0 Å². The highest BCUT2D eigenvalue weighted by atomic mass is 35.5. The topological polar surface area (TPSA) is 175 Å². The number of amides is 2. The molecule has 0 bridgehead atoms. The van der Waals surface area contributed by atoms with Gasteiger partial charge < -0.3 is 34.8 Å². The van der Waals surface area contributed by atoms with Crippen LogP contribution in [0.25, 0.3) is 21.8 Å². The average Bonchev–Trinajstić information content (AvgIpc) is 4.08. The number of piperazine rings is 1. The summed E-state index contributed by atoms with van der Waals surface area (Å²) in [6, 6.07) is 10.3. The lowest BCUT2D eigenvalue weighted by Crippen LogP contribution is -2.56. The van der Waals surface area contributed by atoms with E-state index in [4.69, 9.17) is 26.4 Å². The Bertz CT molecular complexity index is 2680. The molecule has 4 aliphatic heterocycles. The number of carbonyl (C=O) groups is 2. The number of benzene rings is 2. The molecule has 1 aliphatic carbocycles. The van der Waals surface area contributed by atoms with Gasteiger partial charge in [-0.25, -0.2) is 13.8 Å². The van der Waals surface area contributed by atoms with Crippen molar-refractivity contribution < 1.29 is 28.2 Å². The Hall–Kier alpha value is -5.59. The van der Waals surface area contributed by atoms with Crippen molar-refractivity contribution in [1.82, 2.24) is 34.5 Å². The maximum atomic E-state index is 15.2. The van der Waals surface area contributed by atoms with Crippen LogP contribution in [0.2, 0.25) is 5.02 Å². The third kappa shape index (κ3) is 7.79. The number of aliphatic hydroxyl groups is 1. The second-order valence-corrected chi connectivity index (χ2v) is 18.1. The summed E-state index contributed by atoms with van der Waals surface area (Å²) in [5, 5.41) is 25.8. The molecular formula is C44H50ClF2N11O5. The molecule has 4 N–H and O–H groups in total. The minimum absolute atomic E-state index is 0.0191. The average molecular weight is 886 g/mol. The molecule has 3 saturated heterocycles. The van der Waals surface area contributed by atoms with Crippen LogP contribution in [-0.2, 0) is 23.7 Å². The van der Waals surface area contributed by atoms with Crippen LogP contribution in [0.5, 0.6) is 5.75 Å². The number of carbonyl (C=O) groups excluding carboxylic acids is 2. The number of fused-ring (bicyclic) bond motifs is 4. The van der Waals surface area contributed by atoms with Crippen molar-refractivity contribution >= 4 is 74.0 Å². The summed E-state index contributed by atoms with van der Waals surface area (Å²) in [6.45, 7) is 3.66. The van der Waals surface area contributed by atoms with Crippen LogP contribution in [0.1, 0.15) is 50.1 Å². The van der Waals surface area contributed by atoms with Gasteiger partial charge in [-0.05, 0) is 80.3 Å².